The van der Waals surface area contributed by atoms with Gasteiger partial charge in [-0.25, -0.2) is 4.39 Å². The van der Waals surface area contributed by atoms with Gasteiger partial charge >= 0.3 is 0 Å². The Balaban J connectivity index is 2.61. The van der Waals surface area contributed by atoms with Crippen LogP contribution in [0.4, 0.5) is 4.39 Å². The van der Waals surface area contributed by atoms with E-state index in [2.05, 4.69) is 17.1 Å². The molecule has 1 aromatic rings. The van der Waals surface area contributed by atoms with Gasteiger partial charge in [0.05, 0.1) is 0 Å². The molecule has 0 radical (unpaired) electrons. The maximum atomic E-state index is 12.9. The third-order valence-electron chi connectivity index (χ3n) is 3.06. The molecule has 4 nitrogen and oxygen atoms in total. The number of hydrogen-bond acceptors (Lipinski definition) is 3. The van der Waals surface area contributed by atoms with Crippen LogP contribution in [0.5, 0.6) is 5.75 Å². The Bertz CT molecular complexity index is 435. The van der Waals surface area contributed by atoms with Crippen molar-refractivity contribution >= 4 is 5.91 Å². The van der Waals surface area contributed by atoms with Crippen molar-refractivity contribution in [3.8, 4) is 5.75 Å². The topological polar surface area (TPSA) is 52.6 Å². The van der Waals surface area contributed by atoms with Crippen LogP contribution in [-0.2, 0) is 0 Å². The maximum Gasteiger partial charge on any atom is 0.251 e. The van der Waals surface area contributed by atoms with Crippen LogP contribution in [0.3, 0.4) is 0 Å². The number of nitrogens with zero attached hydrogens (tertiary/aromatic N) is 1. The molecule has 0 aliphatic rings. The standard InChI is InChI=1S/C14H21FN2O2/c1-4-5-11(17(2)3)9-16-14(19)10-6-7-12(15)13(18)8-10/h6-8,11,18H,4-5,9H2,1-3H3,(H,16,19). The number of benzene rings is 1. The highest BCUT2D eigenvalue weighted by Gasteiger charge is 2.13. The van der Waals surface area contributed by atoms with Gasteiger partial charge in [0.15, 0.2) is 11.6 Å². The van der Waals surface area contributed by atoms with Crippen molar-refractivity contribution in [1.29, 1.82) is 0 Å². The molecule has 0 bridgehead atoms. The summed E-state index contributed by atoms with van der Waals surface area (Å²) in [5, 5.41) is 12.0. The van der Waals surface area contributed by atoms with Crippen LogP contribution in [0.25, 0.3) is 0 Å². The van der Waals surface area contributed by atoms with Crippen LogP contribution < -0.4 is 5.32 Å². The highest BCUT2D eigenvalue weighted by Crippen LogP contribution is 2.16. The summed E-state index contributed by atoms with van der Waals surface area (Å²) in [6, 6.07) is 3.84. The van der Waals surface area contributed by atoms with E-state index < -0.39 is 11.6 Å². The van der Waals surface area contributed by atoms with E-state index in [1.165, 1.54) is 6.07 Å². The van der Waals surface area contributed by atoms with Crippen LogP contribution >= 0.6 is 0 Å². The number of carbonyl (C=O) groups excluding carboxylic acids is 1. The third-order valence-corrected chi connectivity index (χ3v) is 3.06. The molecule has 0 heterocycles. The van der Waals surface area contributed by atoms with Gasteiger partial charge in [0.1, 0.15) is 0 Å². The molecule has 5 heteroatoms. The SMILES string of the molecule is CCCC(CNC(=O)c1ccc(F)c(O)c1)N(C)C. The van der Waals surface area contributed by atoms with Crippen molar-refractivity contribution in [2.24, 2.45) is 0 Å². The van der Waals surface area contributed by atoms with Gasteiger partial charge in [-0.15, -0.1) is 0 Å². The quantitative estimate of drug-likeness (QED) is 0.829. The van der Waals surface area contributed by atoms with E-state index >= 15 is 0 Å². The summed E-state index contributed by atoms with van der Waals surface area (Å²) in [6.07, 6.45) is 2.03. The fraction of sp³-hybridized carbons (Fsp3) is 0.500. The van der Waals surface area contributed by atoms with Crippen molar-refractivity contribution in [1.82, 2.24) is 10.2 Å². The van der Waals surface area contributed by atoms with Gasteiger partial charge in [0, 0.05) is 18.2 Å². The van der Waals surface area contributed by atoms with Crippen molar-refractivity contribution in [3.63, 3.8) is 0 Å². The summed E-state index contributed by atoms with van der Waals surface area (Å²) in [6.45, 7) is 2.62. The lowest BCUT2D eigenvalue weighted by Gasteiger charge is -2.24. The molecule has 0 saturated heterocycles. The van der Waals surface area contributed by atoms with Gasteiger partial charge < -0.3 is 15.3 Å². The van der Waals surface area contributed by atoms with E-state index in [-0.39, 0.29) is 17.5 Å². The number of phenolic OH excluding ortho intramolecular Hbond substituents is 1. The first-order valence-corrected chi connectivity index (χ1v) is 6.38. The summed E-state index contributed by atoms with van der Waals surface area (Å²) < 4.78 is 12.9. The fourth-order valence-electron chi connectivity index (χ4n) is 1.84. The Kier molecular flexibility index (Phi) is 5.76. The first-order chi connectivity index (χ1) is 8.95. The predicted molar refractivity (Wildman–Crippen MR) is 72.8 cm³/mol. The molecule has 0 saturated carbocycles. The number of aromatic hydroxyl groups is 1. The van der Waals surface area contributed by atoms with Gasteiger partial charge in [-0.2, -0.15) is 0 Å². The zero-order valence-electron chi connectivity index (χ0n) is 11.6. The van der Waals surface area contributed by atoms with Crippen LogP contribution in [0.15, 0.2) is 18.2 Å². The second kappa shape index (κ2) is 7.09. The van der Waals surface area contributed by atoms with Crippen LogP contribution in [-0.4, -0.2) is 42.6 Å². The molecule has 1 amide bonds. The number of hydrogen-bond donors (Lipinski definition) is 2. The molecule has 0 aliphatic carbocycles. The monoisotopic (exact) mass is 268 g/mol. The molecule has 0 spiro atoms. The van der Waals surface area contributed by atoms with Gasteiger partial charge in [-0.05, 0) is 38.7 Å². The molecule has 1 rings (SSSR count). The summed E-state index contributed by atoms with van der Waals surface area (Å²) in [4.78, 5) is 13.9. The molecular formula is C14H21FN2O2. The van der Waals surface area contributed by atoms with Gasteiger partial charge in [0.2, 0.25) is 0 Å². The van der Waals surface area contributed by atoms with E-state index in [4.69, 9.17) is 0 Å². The molecule has 0 aromatic heterocycles. The van der Waals surface area contributed by atoms with Crippen molar-refractivity contribution < 1.29 is 14.3 Å². The Morgan fingerprint density at radius 1 is 1.47 bits per heavy atom. The van der Waals surface area contributed by atoms with Crippen molar-refractivity contribution in [2.75, 3.05) is 20.6 Å². The van der Waals surface area contributed by atoms with E-state index in [0.29, 0.717) is 6.54 Å². The molecule has 1 atom stereocenters. The summed E-state index contributed by atoms with van der Waals surface area (Å²) in [5.74, 6) is -1.54. The number of nitrogens with one attached hydrogen (secondary N) is 1. The zero-order chi connectivity index (χ0) is 14.4. The lowest BCUT2D eigenvalue weighted by Crippen LogP contribution is -2.40. The maximum absolute atomic E-state index is 12.9. The number of rotatable bonds is 6. The number of likely N-dealkylation sites (N-methyl/N-ethyl adjacent to an activating group) is 1. The molecule has 106 valence electrons. The second-order valence-electron chi connectivity index (χ2n) is 4.78. The summed E-state index contributed by atoms with van der Waals surface area (Å²) >= 11 is 0. The Morgan fingerprint density at radius 2 is 2.16 bits per heavy atom. The smallest absolute Gasteiger partial charge is 0.251 e. The van der Waals surface area contributed by atoms with E-state index in [1.807, 2.05) is 14.1 Å². The number of amides is 1. The molecule has 0 aliphatic heterocycles. The lowest BCUT2D eigenvalue weighted by molar-refractivity contribution is 0.0940. The minimum Gasteiger partial charge on any atom is -0.505 e. The van der Waals surface area contributed by atoms with Gasteiger partial charge in [-0.3, -0.25) is 4.79 Å². The highest BCUT2D eigenvalue weighted by atomic mass is 19.1. The Hall–Kier alpha value is -1.62. The Morgan fingerprint density at radius 3 is 2.68 bits per heavy atom. The van der Waals surface area contributed by atoms with Crippen molar-refractivity contribution in [3.05, 3.63) is 29.6 Å². The fourth-order valence-corrected chi connectivity index (χ4v) is 1.84. The molecule has 2 N–H and O–H groups in total. The van der Waals surface area contributed by atoms with E-state index in [9.17, 15) is 14.3 Å². The molecular weight excluding hydrogens is 247 g/mol. The van der Waals surface area contributed by atoms with E-state index in [0.717, 1.165) is 25.0 Å². The molecule has 1 unspecified atom stereocenters. The first kappa shape index (κ1) is 15.4. The number of phenols is 1. The van der Waals surface area contributed by atoms with Gasteiger partial charge in [0.25, 0.3) is 5.91 Å². The summed E-state index contributed by atoms with van der Waals surface area (Å²) in [7, 11) is 3.94. The van der Waals surface area contributed by atoms with E-state index in [1.54, 1.807) is 0 Å². The zero-order valence-corrected chi connectivity index (χ0v) is 11.6. The first-order valence-electron chi connectivity index (χ1n) is 6.38. The van der Waals surface area contributed by atoms with Crippen molar-refractivity contribution in [2.45, 2.75) is 25.8 Å². The predicted octanol–water partition coefficient (Wildman–Crippen LogP) is 1.99. The molecule has 1 aromatic carbocycles. The van der Waals surface area contributed by atoms with Crippen LogP contribution in [0.1, 0.15) is 30.1 Å². The number of halogens is 1. The Labute approximate surface area is 113 Å². The highest BCUT2D eigenvalue weighted by molar-refractivity contribution is 5.94. The van der Waals surface area contributed by atoms with Crippen LogP contribution in [0.2, 0.25) is 0 Å². The van der Waals surface area contributed by atoms with Gasteiger partial charge in [-0.1, -0.05) is 13.3 Å². The lowest BCUT2D eigenvalue weighted by atomic mass is 10.1. The average molecular weight is 268 g/mol. The minimum atomic E-state index is -0.728. The minimum absolute atomic E-state index is 0.257. The molecule has 19 heavy (non-hydrogen) atoms. The molecule has 0 fully saturated rings. The third kappa shape index (κ3) is 4.52. The second-order valence-corrected chi connectivity index (χ2v) is 4.78. The largest absolute Gasteiger partial charge is 0.505 e. The normalized spacial score (nSPS) is 12.5. The average Bonchev–Trinajstić information content (AvgIpc) is 2.37. The summed E-state index contributed by atoms with van der Waals surface area (Å²) in [5.41, 5.74) is 0.257. The van der Waals surface area contributed by atoms with Crippen LogP contribution in [0, 0.1) is 5.82 Å². The number of carbonyl (C=O) groups is 1.